The van der Waals surface area contributed by atoms with Gasteiger partial charge in [-0.1, -0.05) is 12.1 Å². The first-order valence-electron chi connectivity index (χ1n) is 5.91. The van der Waals surface area contributed by atoms with Crippen molar-refractivity contribution < 1.29 is 14.3 Å². The van der Waals surface area contributed by atoms with Crippen molar-refractivity contribution in [2.24, 2.45) is 0 Å². The Hall–Kier alpha value is -2.36. The molecule has 0 saturated heterocycles. The molecule has 2 aromatic rings. The van der Waals surface area contributed by atoms with Crippen LogP contribution in [0.25, 0.3) is 0 Å². The van der Waals surface area contributed by atoms with Gasteiger partial charge in [0.25, 0.3) is 0 Å². The zero-order valence-corrected chi connectivity index (χ0v) is 10.9. The lowest BCUT2D eigenvalue weighted by atomic mass is 10.1. The summed E-state index contributed by atoms with van der Waals surface area (Å²) >= 11 is 0. The zero-order chi connectivity index (χ0) is 13.7. The Bertz CT molecular complexity index is 581. The fourth-order valence-corrected chi connectivity index (χ4v) is 1.83. The van der Waals surface area contributed by atoms with Crippen molar-refractivity contribution in [2.75, 3.05) is 7.11 Å². The number of carbonyl (C=O) groups excluding carboxylic acids is 1. The van der Waals surface area contributed by atoms with Crippen LogP contribution in [0.1, 0.15) is 21.5 Å². The second-order valence-corrected chi connectivity index (χ2v) is 4.07. The number of nitrogens with zero attached hydrogens (tertiary/aromatic N) is 1. The highest BCUT2D eigenvalue weighted by Gasteiger charge is 2.09. The first kappa shape index (κ1) is 13.1. The number of hydrogen-bond donors (Lipinski definition) is 0. The number of carbonyl (C=O) groups is 1. The molecule has 1 heterocycles. The average molecular weight is 257 g/mol. The van der Waals surface area contributed by atoms with Gasteiger partial charge in [0.05, 0.1) is 18.2 Å². The molecule has 98 valence electrons. The molecule has 0 aliphatic rings. The van der Waals surface area contributed by atoms with Crippen molar-refractivity contribution >= 4 is 6.29 Å². The summed E-state index contributed by atoms with van der Waals surface area (Å²) in [6, 6.07) is 9.17. The van der Waals surface area contributed by atoms with Crippen LogP contribution >= 0.6 is 0 Å². The number of aldehydes is 1. The lowest BCUT2D eigenvalue weighted by molar-refractivity contribution is 0.111. The number of benzene rings is 1. The molecule has 19 heavy (non-hydrogen) atoms. The summed E-state index contributed by atoms with van der Waals surface area (Å²) in [5.41, 5.74) is 2.31. The van der Waals surface area contributed by atoms with Gasteiger partial charge in [-0.2, -0.15) is 0 Å². The van der Waals surface area contributed by atoms with E-state index in [2.05, 4.69) is 4.98 Å². The molecule has 0 aliphatic heterocycles. The summed E-state index contributed by atoms with van der Waals surface area (Å²) in [6.07, 6.45) is 2.45. The lowest BCUT2D eigenvalue weighted by Gasteiger charge is -2.12. The maximum absolute atomic E-state index is 11.0. The molecular weight excluding hydrogens is 242 g/mol. The summed E-state index contributed by atoms with van der Waals surface area (Å²) in [6.45, 7) is 2.21. The van der Waals surface area contributed by atoms with Gasteiger partial charge in [0.2, 0.25) is 5.88 Å². The Morgan fingerprint density at radius 2 is 2.11 bits per heavy atom. The summed E-state index contributed by atoms with van der Waals surface area (Å²) in [7, 11) is 1.57. The molecule has 0 radical (unpaired) electrons. The third-order valence-corrected chi connectivity index (χ3v) is 2.78. The number of para-hydroxylation sites is 1. The molecule has 0 bridgehead atoms. The number of methoxy groups -OCH3 is 1. The first-order chi connectivity index (χ1) is 9.26. The molecule has 0 unspecified atom stereocenters. The number of aromatic nitrogens is 1. The van der Waals surface area contributed by atoms with Crippen molar-refractivity contribution in [3.63, 3.8) is 0 Å². The van der Waals surface area contributed by atoms with Crippen LogP contribution in [-0.2, 0) is 6.61 Å². The van der Waals surface area contributed by atoms with E-state index in [1.165, 1.54) is 0 Å². The van der Waals surface area contributed by atoms with Gasteiger partial charge in [0.15, 0.2) is 6.29 Å². The molecule has 0 saturated carbocycles. The third kappa shape index (κ3) is 2.91. The molecule has 0 aliphatic carbocycles. The Kier molecular flexibility index (Phi) is 4.13. The number of pyridine rings is 1. The molecule has 0 N–H and O–H groups in total. The molecular formula is C15H15NO3. The van der Waals surface area contributed by atoms with Crippen LogP contribution in [0.3, 0.4) is 0 Å². The summed E-state index contributed by atoms with van der Waals surface area (Å²) in [5.74, 6) is 1.13. The third-order valence-electron chi connectivity index (χ3n) is 2.78. The number of rotatable bonds is 5. The SMILES string of the molecule is COc1ncccc1COc1c(C)cccc1C=O. The molecule has 0 fully saturated rings. The zero-order valence-electron chi connectivity index (χ0n) is 10.9. The van der Waals surface area contributed by atoms with Crippen molar-refractivity contribution in [1.29, 1.82) is 0 Å². The molecule has 1 aromatic heterocycles. The molecule has 0 atom stereocenters. The van der Waals surface area contributed by atoms with Gasteiger partial charge in [-0.15, -0.1) is 0 Å². The Labute approximate surface area is 112 Å². The Morgan fingerprint density at radius 3 is 2.84 bits per heavy atom. The van der Waals surface area contributed by atoms with E-state index in [9.17, 15) is 4.79 Å². The van der Waals surface area contributed by atoms with Crippen molar-refractivity contribution in [2.45, 2.75) is 13.5 Å². The fraction of sp³-hybridized carbons (Fsp3) is 0.200. The predicted molar refractivity (Wildman–Crippen MR) is 71.7 cm³/mol. The standard InChI is InChI=1S/C15H15NO3/c1-11-5-3-6-12(9-17)14(11)19-10-13-7-4-8-16-15(13)18-2/h3-9H,10H2,1-2H3. The Balaban J connectivity index is 2.21. The van der Waals surface area contributed by atoms with Gasteiger partial charge >= 0.3 is 0 Å². The molecule has 0 spiro atoms. The molecule has 4 nitrogen and oxygen atoms in total. The lowest BCUT2D eigenvalue weighted by Crippen LogP contribution is -2.03. The van der Waals surface area contributed by atoms with Crippen LogP contribution in [0.2, 0.25) is 0 Å². The number of aryl methyl sites for hydroxylation is 1. The quantitative estimate of drug-likeness (QED) is 0.773. The Morgan fingerprint density at radius 1 is 1.26 bits per heavy atom. The monoisotopic (exact) mass is 257 g/mol. The van der Waals surface area contributed by atoms with E-state index < -0.39 is 0 Å². The van der Waals surface area contributed by atoms with E-state index in [0.717, 1.165) is 17.4 Å². The van der Waals surface area contributed by atoms with Crippen LogP contribution in [-0.4, -0.2) is 18.4 Å². The maximum Gasteiger partial charge on any atom is 0.219 e. The van der Waals surface area contributed by atoms with Crippen LogP contribution < -0.4 is 9.47 Å². The minimum atomic E-state index is 0.308. The largest absolute Gasteiger partial charge is 0.488 e. The fourth-order valence-electron chi connectivity index (χ4n) is 1.83. The van der Waals surface area contributed by atoms with Gasteiger partial charge in [-0.05, 0) is 30.7 Å². The summed E-state index contributed by atoms with van der Waals surface area (Å²) in [5, 5.41) is 0. The second-order valence-electron chi connectivity index (χ2n) is 4.07. The van der Waals surface area contributed by atoms with Crippen LogP contribution in [0, 0.1) is 6.92 Å². The van der Waals surface area contributed by atoms with Crippen LogP contribution in [0.5, 0.6) is 11.6 Å². The smallest absolute Gasteiger partial charge is 0.219 e. The molecule has 2 rings (SSSR count). The minimum Gasteiger partial charge on any atom is -0.488 e. The normalized spacial score (nSPS) is 10.0. The number of hydrogen-bond acceptors (Lipinski definition) is 4. The minimum absolute atomic E-state index is 0.308. The second kappa shape index (κ2) is 6.00. The van der Waals surface area contributed by atoms with Gasteiger partial charge in [-0.25, -0.2) is 4.98 Å². The molecule has 4 heteroatoms. The average Bonchev–Trinajstić information content (AvgIpc) is 2.46. The highest BCUT2D eigenvalue weighted by atomic mass is 16.5. The van der Waals surface area contributed by atoms with E-state index in [1.54, 1.807) is 19.4 Å². The maximum atomic E-state index is 11.0. The summed E-state index contributed by atoms with van der Waals surface area (Å²) < 4.78 is 10.9. The van der Waals surface area contributed by atoms with Gasteiger partial charge < -0.3 is 9.47 Å². The predicted octanol–water partition coefficient (Wildman–Crippen LogP) is 2.79. The van der Waals surface area contributed by atoms with Gasteiger partial charge in [0.1, 0.15) is 12.4 Å². The van der Waals surface area contributed by atoms with E-state index in [4.69, 9.17) is 9.47 Å². The van der Waals surface area contributed by atoms with E-state index >= 15 is 0 Å². The van der Waals surface area contributed by atoms with Crippen molar-refractivity contribution in [3.05, 3.63) is 53.2 Å². The van der Waals surface area contributed by atoms with Gasteiger partial charge in [-0.3, -0.25) is 4.79 Å². The van der Waals surface area contributed by atoms with Crippen molar-refractivity contribution in [3.8, 4) is 11.6 Å². The van der Waals surface area contributed by atoms with E-state index in [1.807, 2.05) is 31.2 Å². The van der Waals surface area contributed by atoms with E-state index in [-0.39, 0.29) is 0 Å². The highest BCUT2D eigenvalue weighted by molar-refractivity contribution is 5.80. The van der Waals surface area contributed by atoms with Crippen LogP contribution in [0.4, 0.5) is 0 Å². The molecule has 1 aromatic carbocycles. The summed E-state index contributed by atoms with van der Waals surface area (Å²) in [4.78, 5) is 15.1. The number of ether oxygens (including phenoxy) is 2. The highest BCUT2D eigenvalue weighted by Crippen LogP contribution is 2.24. The van der Waals surface area contributed by atoms with E-state index in [0.29, 0.717) is 23.8 Å². The molecule has 0 amide bonds. The van der Waals surface area contributed by atoms with Crippen LogP contribution in [0.15, 0.2) is 36.5 Å². The van der Waals surface area contributed by atoms with Gasteiger partial charge in [0, 0.05) is 6.20 Å². The first-order valence-corrected chi connectivity index (χ1v) is 5.91. The van der Waals surface area contributed by atoms with Crippen molar-refractivity contribution in [1.82, 2.24) is 4.98 Å². The topological polar surface area (TPSA) is 48.4 Å².